The van der Waals surface area contributed by atoms with Gasteiger partial charge in [-0.1, -0.05) is 19.8 Å². The van der Waals surface area contributed by atoms with Gasteiger partial charge in [-0.05, 0) is 51.4 Å². The molecule has 2 aliphatic rings. The number of hydrogen-bond donors (Lipinski definition) is 1. The predicted molar refractivity (Wildman–Crippen MR) is 73.1 cm³/mol. The zero-order valence-electron chi connectivity index (χ0n) is 11.4. The average molecular weight is 239 g/mol. The monoisotopic (exact) mass is 239 g/mol. The van der Waals surface area contributed by atoms with E-state index in [1.165, 1.54) is 64.8 Å². The van der Waals surface area contributed by atoms with E-state index in [0.29, 0.717) is 6.04 Å². The molecule has 2 heterocycles. The molecule has 2 N–H and O–H groups in total. The highest BCUT2D eigenvalue weighted by molar-refractivity contribution is 4.85. The van der Waals surface area contributed by atoms with Crippen molar-refractivity contribution in [2.24, 2.45) is 11.7 Å². The van der Waals surface area contributed by atoms with Crippen molar-refractivity contribution < 1.29 is 0 Å². The largest absolute Gasteiger partial charge is 0.326 e. The molecule has 100 valence electrons. The van der Waals surface area contributed by atoms with Crippen molar-refractivity contribution in [2.45, 2.75) is 45.1 Å². The van der Waals surface area contributed by atoms with Gasteiger partial charge in [-0.15, -0.1) is 0 Å². The fraction of sp³-hybridized carbons (Fsp3) is 1.00. The van der Waals surface area contributed by atoms with Gasteiger partial charge in [0.2, 0.25) is 0 Å². The van der Waals surface area contributed by atoms with Crippen molar-refractivity contribution in [1.29, 1.82) is 0 Å². The van der Waals surface area contributed by atoms with E-state index in [2.05, 4.69) is 16.7 Å². The Morgan fingerprint density at radius 3 is 2.35 bits per heavy atom. The van der Waals surface area contributed by atoms with Crippen LogP contribution < -0.4 is 5.73 Å². The van der Waals surface area contributed by atoms with Crippen LogP contribution in [0.1, 0.15) is 39.0 Å². The Morgan fingerprint density at radius 2 is 1.76 bits per heavy atom. The maximum Gasteiger partial charge on any atom is 0.0209 e. The van der Waals surface area contributed by atoms with Crippen LogP contribution in [0.4, 0.5) is 0 Å². The third kappa shape index (κ3) is 3.94. The molecule has 17 heavy (non-hydrogen) atoms. The van der Waals surface area contributed by atoms with Crippen molar-refractivity contribution in [3.05, 3.63) is 0 Å². The van der Waals surface area contributed by atoms with Crippen LogP contribution in [0.5, 0.6) is 0 Å². The summed E-state index contributed by atoms with van der Waals surface area (Å²) in [6.45, 7) is 9.61. The third-order valence-corrected chi connectivity index (χ3v) is 4.53. The molecule has 2 saturated heterocycles. The van der Waals surface area contributed by atoms with Crippen LogP contribution in [0.2, 0.25) is 0 Å². The Kier molecular flexibility index (Phi) is 5.26. The summed E-state index contributed by atoms with van der Waals surface area (Å²) in [5.41, 5.74) is 6.41. The lowest BCUT2D eigenvalue weighted by Gasteiger charge is -2.27. The molecule has 0 spiro atoms. The first kappa shape index (κ1) is 13.3. The summed E-state index contributed by atoms with van der Waals surface area (Å²) in [7, 11) is 0. The first-order valence-electron chi connectivity index (χ1n) is 7.50. The molecule has 0 aliphatic carbocycles. The maximum atomic E-state index is 6.41. The van der Waals surface area contributed by atoms with E-state index < -0.39 is 0 Å². The number of likely N-dealkylation sites (tertiary alicyclic amines) is 2. The topological polar surface area (TPSA) is 32.5 Å². The van der Waals surface area contributed by atoms with E-state index in [1.54, 1.807) is 0 Å². The lowest BCUT2D eigenvalue weighted by molar-refractivity contribution is 0.233. The second kappa shape index (κ2) is 6.72. The predicted octanol–water partition coefficient (Wildman–Crippen LogP) is 1.53. The van der Waals surface area contributed by atoms with Crippen molar-refractivity contribution in [3.63, 3.8) is 0 Å². The summed E-state index contributed by atoms with van der Waals surface area (Å²) in [6, 6.07) is 0.393. The molecule has 0 saturated carbocycles. The molecule has 2 aliphatic heterocycles. The smallest absolute Gasteiger partial charge is 0.0209 e. The molecule has 2 unspecified atom stereocenters. The van der Waals surface area contributed by atoms with Crippen LogP contribution in [0.25, 0.3) is 0 Å². The van der Waals surface area contributed by atoms with Gasteiger partial charge in [-0.2, -0.15) is 0 Å². The van der Waals surface area contributed by atoms with Gasteiger partial charge in [-0.3, -0.25) is 0 Å². The van der Waals surface area contributed by atoms with E-state index >= 15 is 0 Å². The van der Waals surface area contributed by atoms with E-state index in [1.807, 2.05) is 0 Å². The molecular formula is C14H29N3. The Balaban J connectivity index is 1.74. The van der Waals surface area contributed by atoms with E-state index in [4.69, 9.17) is 5.73 Å². The lowest BCUT2D eigenvalue weighted by Crippen LogP contribution is -2.43. The molecule has 0 aromatic rings. The number of nitrogens with zero attached hydrogens (tertiary/aromatic N) is 2. The van der Waals surface area contributed by atoms with Crippen LogP contribution in [0.15, 0.2) is 0 Å². The molecule has 0 bridgehead atoms. The third-order valence-electron chi connectivity index (χ3n) is 4.53. The van der Waals surface area contributed by atoms with Gasteiger partial charge in [0.05, 0.1) is 0 Å². The van der Waals surface area contributed by atoms with Gasteiger partial charge in [0.25, 0.3) is 0 Å². The Labute approximate surface area is 106 Å². The van der Waals surface area contributed by atoms with E-state index in [-0.39, 0.29) is 0 Å². The van der Waals surface area contributed by atoms with Gasteiger partial charge >= 0.3 is 0 Å². The highest BCUT2D eigenvalue weighted by Crippen LogP contribution is 2.20. The summed E-state index contributed by atoms with van der Waals surface area (Å²) in [5, 5.41) is 0. The van der Waals surface area contributed by atoms with Crippen molar-refractivity contribution >= 4 is 0 Å². The van der Waals surface area contributed by atoms with Crippen LogP contribution in [-0.2, 0) is 0 Å². The summed E-state index contributed by atoms with van der Waals surface area (Å²) in [6.07, 6.45) is 6.89. The standard InChI is InChI=1S/C14H29N3/c1-2-16-10-7-13(11-16)14(15)12-17-8-5-3-4-6-9-17/h13-14H,2-12,15H2,1H3. The van der Waals surface area contributed by atoms with Crippen LogP contribution >= 0.6 is 0 Å². The summed E-state index contributed by atoms with van der Waals surface area (Å²) in [5.74, 6) is 0.734. The van der Waals surface area contributed by atoms with Gasteiger partial charge in [0.15, 0.2) is 0 Å². The zero-order chi connectivity index (χ0) is 12.1. The summed E-state index contributed by atoms with van der Waals surface area (Å²) >= 11 is 0. The molecule has 3 heteroatoms. The fourth-order valence-electron chi connectivity index (χ4n) is 3.27. The molecule has 0 aromatic carbocycles. The highest BCUT2D eigenvalue weighted by atomic mass is 15.2. The molecule has 2 atom stereocenters. The van der Waals surface area contributed by atoms with Crippen molar-refractivity contribution in [3.8, 4) is 0 Å². The molecule has 2 fully saturated rings. The van der Waals surface area contributed by atoms with Gasteiger partial charge in [-0.25, -0.2) is 0 Å². The minimum absolute atomic E-state index is 0.393. The van der Waals surface area contributed by atoms with E-state index in [9.17, 15) is 0 Å². The first-order chi connectivity index (χ1) is 8.29. The second-order valence-corrected chi connectivity index (χ2v) is 5.82. The first-order valence-corrected chi connectivity index (χ1v) is 7.50. The van der Waals surface area contributed by atoms with Crippen molar-refractivity contribution in [2.75, 3.05) is 39.3 Å². The molecule has 3 nitrogen and oxygen atoms in total. The Morgan fingerprint density at radius 1 is 1.06 bits per heavy atom. The number of nitrogens with two attached hydrogens (primary N) is 1. The van der Waals surface area contributed by atoms with Gasteiger partial charge in [0, 0.05) is 19.1 Å². The number of hydrogen-bond acceptors (Lipinski definition) is 3. The van der Waals surface area contributed by atoms with Crippen LogP contribution in [0, 0.1) is 5.92 Å². The minimum Gasteiger partial charge on any atom is -0.326 e. The SMILES string of the molecule is CCN1CCC(C(N)CN2CCCCCC2)C1. The molecule has 0 aromatic heterocycles. The minimum atomic E-state index is 0.393. The molecule has 2 rings (SSSR count). The molecular weight excluding hydrogens is 210 g/mol. The highest BCUT2D eigenvalue weighted by Gasteiger charge is 2.27. The van der Waals surface area contributed by atoms with Crippen LogP contribution in [0.3, 0.4) is 0 Å². The van der Waals surface area contributed by atoms with Gasteiger partial charge < -0.3 is 15.5 Å². The molecule has 0 radical (unpaired) electrons. The quantitative estimate of drug-likeness (QED) is 0.807. The number of rotatable bonds is 4. The maximum absolute atomic E-state index is 6.41. The van der Waals surface area contributed by atoms with Gasteiger partial charge in [0.1, 0.15) is 0 Å². The fourth-order valence-corrected chi connectivity index (χ4v) is 3.27. The zero-order valence-corrected chi connectivity index (χ0v) is 11.4. The van der Waals surface area contributed by atoms with E-state index in [0.717, 1.165) is 12.5 Å². The Bertz CT molecular complexity index is 212. The lowest BCUT2D eigenvalue weighted by atomic mass is 9.99. The van der Waals surface area contributed by atoms with Crippen molar-refractivity contribution in [1.82, 2.24) is 9.80 Å². The molecule has 0 amide bonds. The second-order valence-electron chi connectivity index (χ2n) is 5.82. The summed E-state index contributed by atoms with van der Waals surface area (Å²) < 4.78 is 0. The summed E-state index contributed by atoms with van der Waals surface area (Å²) in [4.78, 5) is 5.14. The Hall–Kier alpha value is -0.120. The average Bonchev–Trinajstić information content (AvgIpc) is 2.68. The van der Waals surface area contributed by atoms with Crippen LogP contribution in [-0.4, -0.2) is 55.1 Å². The normalized spacial score (nSPS) is 30.4.